The average Bonchev–Trinajstić information content (AvgIpc) is 2.43. The zero-order valence-corrected chi connectivity index (χ0v) is 11.4. The summed E-state index contributed by atoms with van der Waals surface area (Å²) in [4.78, 5) is 4.60. The molecule has 0 fully saturated rings. The van der Waals surface area contributed by atoms with Crippen LogP contribution >= 0.6 is 0 Å². The highest BCUT2D eigenvalue weighted by Gasteiger charge is 2.27. The van der Waals surface area contributed by atoms with Crippen molar-refractivity contribution in [2.24, 2.45) is 5.84 Å². The molecule has 0 saturated heterocycles. The van der Waals surface area contributed by atoms with Crippen LogP contribution in [0.2, 0.25) is 0 Å². The second-order valence-electron chi connectivity index (χ2n) is 5.32. The Bertz CT molecular complexity index is 365. The van der Waals surface area contributed by atoms with Crippen molar-refractivity contribution in [3.63, 3.8) is 0 Å². The second-order valence-corrected chi connectivity index (χ2v) is 5.32. The summed E-state index contributed by atoms with van der Waals surface area (Å²) in [5.74, 6) is 6.26. The number of aromatic nitrogens is 1. The van der Waals surface area contributed by atoms with Gasteiger partial charge in [-0.15, -0.1) is 0 Å². The molecule has 0 bridgehead atoms. The van der Waals surface area contributed by atoms with Gasteiger partial charge in [-0.3, -0.25) is 16.3 Å². The van der Waals surface area contributed by atoms with E-state index in [-0.39, 0.29) is 0 Å². The predicted molar refractivity (Wildman–Crippen MR) is 75.2 cm³/mol. The van der Waals surface area contributed by atoms with Crippen molar-refractivity contribution in [3.05, 3.63) is 29.6 Å². The van der Waals surface area contributed by atoms with Gasteiger partial charge in [-0.05, 0) is 37.3 Å². The molecule has 0 spiro atoms. The molecule has 100 valence electrons. The number of rotatable bonds is 6. The van der Waals surface area contributed by atoms with Gasteiger partial charge < -0.3 is 0 Å². The quantitative estimate of drug-likeness (QED) is 0.461. The highest BCUT2D eigenvalue weighted by molar-refractivity contribution is 5.27. The molecular weight excluding hydrogens is 222 g/mol. The van der Waals surface area contributed by atoms with Crippen molar-refractivity contribution in [2.75, 3.05) is 0 Å². The van der Waals surface area contributed by atoms with Crippen LogP contribution in [-0.2, 0) is 6.42 Å². The van der Waals surface area contributed by atoms with Crippen LogP contribution in [0.4, 0.5) is 0 Å². The summed E-state index contributed by atoms with van der Waals surface area (Å²) in [5, 5.41) is 0. The largest absolute Gasteiger partial charge is 0.271 e. The molecule has 2 atom stereocenters. The molecule has 0 aromatic carbocycles. The maximum absolute atomic E-state index is 5.77. The smallest absolute Gasteiger partial charge is 0.0482 e. The number of pyridine rings is 1. The Kier molecular flexibility index (Phi) is 5.14. The van der Waals surface area contributed by atoms with Crippen molar-refractivity contribution < 1.29 is 0 Å². The minimum absolute atomic E-state index is 0.380. The standard InChI is InChI=1S/C15H25N3/c1-2-3-4-10-14(18-16)13-9-5-7-12-8-6-11-17-15(12)13/h6,8,11,13-14,18H,2-5,7,9-10,16H2,1H3. The number of nitrogens with zero attached hydrogens (tertiary/aromatic N) is 1. The summed E-state index contributed by atoms with van der Waals surface area (Å²) >= 11 is 0. The highest BCUT2D eigenvalue weighted by atomic mass is 15.2. The van der Waals surface area contributed by atoms with E-state index in [9.17, 15) is 0 Å². The fraction of sp³-hybridized carbons (Fsp3) is 0.667. The van der Waals surface area contributed by atoms with E-state index in [0.717, 1.165) is 6.42 Å². The van der Waals surface area contributed by atoms with Crippen LogP contribution in [-0.4, -0.2) is 11.0 Å². The molecule has 1 aromatic heterocycles. The lowest BCUT2D eigenvalue weighted by Crippen LogP contribution is -2.41. The minimum atomic E-state index is 0.380. The average molecular weight is 247 g/mol. The van der Waals surface area contributed by atoms with Crippen molar-refractivity contribution >= 4 is 0 Å². The summed E-state index contributed by atoms with van der Waals surface area (Å²) in [7, 11) is 0. The summed E-state index contributed by atoms with van der Waals surface area (Å²) in [6.45, 7) is 2.24. The van der Waals surface area contributed by atoms with E-state index in [1.807, 2.05) is 12.3 Å². The molecule has 2 unspecified atom stereocenters. The van der Waals surface area contributed by atoms with Crippen LogP contribution in [0.1, 0.15) is 62.6 Å². The zero-order chi connectivity index (χ0) is 12.8. The first-order chi connectivity index (χ1) is 8.86. The zero-order valence-electron chi connectivity index (χ0n) is 11.4. The molecule has 18 heavy (non-hydrogen) atoms. The number of hydrogen-bond donors (Lipinski definition) is 2. The maximum Gasteiger partial charge on any atom is 0.0482 e. The van der Waals surface area contributed by atoms with Crippen molar-refractivity contribution in [1.29, 1.82) is 0 Å². The molecule has 3 nitrogen and oxygen atoms in total. The molecule has 1 aliphatic carbocycles. The van der Waals surface area contributed by atoms with E-state index in [0.29, 0.717) is 12.0 Å². The monoisotopic (exact) mass is 247 g/mol. The predicted octanol–water partition coefficient (Wildman–Crippen LogP) is 2.91. The lowest BCUT2D eigenvalue weighted by molar-refractivity contribution is 0.361. The van der Waals surface area contributed by atoms with Gasteiger partial charge >= 0.3 is 0 Å². The third kappa shape index (κ3) is 3.09. The van der Waals surface area contributed by atoms with Crippen LogP contribution < -0.4 is 11.3 Å². The third-order valence-electron chi connectivity index (χ3n) is 4.06. The lowest BCUT2D eigenvalue weighted by Gasteiger charge is -2.31. The van der Waals surface area contributed by atoms with Gasteiger partial charge in [-0.1, -0.05) is 32.3 Å². The first kappa shape index (κ1) is 13.5. The molecule has 3 heteroatoms. The van der Waals surface area contributed by atoms with Gasteiger partial charge in [0, 0.05) is 23.9 Å². The molecule has 0 saturated carbocycles. The fourth-order valence-corrected chi connectivity index (χ4v) is 3.05. The molecule has 1 aromatic rings. The van der Waals surface area contributed by atoms with E-state index in [2.05, 4.69) is 23.4 Å². The van der Waals surface area contributed by atoms with E-state index < -0.39 is 0 Å². The molecule has 0 amide bonds. The van der Waals surface area contributed by atoms with Gasteiger partial charge in [0.15, 0.2) is 0 Å². The normalized spacial score (nSPS) is 20.4. The first-order valence-electron chi connectivity index (χ1n) is 7.26. The maximum atomic E-state index is 5.77. The number of aryl methyl sites for hydroxylation is 1. The van der Waals surface area contributed by atoms with Gasteiger partial charge in [-0.25, -0.2) is 0 Å². The van der Waals surface area contributed by atoms with Gasteiger partial charge in [0.2, 0.25) is 0 Å². The SMILES string of the molecule is CCCCCC(NN)C1CCCc2cccnc21. The lowest BCUT2D eigenvalue weighted by atomic mass is 9.80. The van der Waals surface area contributed by atoms with Crippen molar-refractivity contribution in [1.82, 2.24) is 10.4 Å². The summed E-state index contributed by atoms with van der Waals surface area (Å²) in [5.41, 5.74) is 5.73. The first-order valence-corrected chi connectivity index (χ1v) is 7.26. The molecule has 0 radical (unpaired) electrons. The van der Waals surface area contributed by atoms with E-state index in [1.54, 1.807) is 0 Å². The summed E-state index contributed by atoms with van der Waals surface area (Å²) in [6, 6.07) is 4.64. The number of fused-ring (bicyclic) bond motifs is 1. The number of nitrogens with two attached hydrogens (primary N) is 1. The highest BCUT2D eigenvalue weighted by Crippen LogP contribution is 2.33. The van der Waals surface area contributed by atoms with Crippen LogP contribution in [0.15, 0.2) is 18.3 Å². The van der Waals surface area contributed by atoms with Crippen LogP contribution in [0.25, 0.3) is 0 Å². The van der Waals surface area contributed by atoms with Crippen LogP contribution in [0.5, 0.6) is 0 Å². The van der Waals surface area contributed by atoms with Gasteiger partial charge in [0.25, 0.3) is 0 Å². The van der Waals surface area contributed by atoms with Gasteiger partial charge in [-0.2, -0.15) is 0 Å². The Hall–Kier alpha value is -0.930. The minimum Gasteiger partial charge on any atom is -0.271 e. The number of unbranched alkanes of at least 4 members (excludes halogenated alkanes) is 2. The van der Waals surface area contributed by atoms with Crippen molar-refractivity contribution in [2.45, 2.75) is 63.8 Å². The molecule has 3 N–H and O–H groups in total. The number of hydrazine groups is 1. The Morgan fingerprint density at radius 3 is 3.17 bits per heavy atom. The van der Waals surface area contributed by atoms with Crippen molar-refractivity contribution in [3.8, 4) is 0 Å². The topological polar surface area (TPSA) is 50.9 Å². The second kappa shape index (κ2) is 6.86. The molecule has 0 aliphatic heterocycles. The van der Waals surface area contributed by atoms with E-state index in [4.69, 9.17) is 5.84 Å². The van der Waals surface area contributed by atoms with E-state index >= 15 is 0 Å². The Morgan fingerprint density at radius 2 is 2.39 bits per heavy atom. The Balaban J connectivity index is 2.07. The molecule has 1 aliphatic rings. The third-order valence-corrected chi connectivity index (χ3v) is 4.06. The molecule has 1 heterocycles. The van der Waals surface area contributed by atoms with Crippen LogP contribution in [0.3, 0.4) is 0 Å². The summed E-state index contributed by atoms with van der Waals surface area (Å²) in [6.07, 6.45) is 10.5. The molecular formula is C15H25N3. The summed E-state index contributed by atoms with van der Waals surface area (Å²) < 4.78 is 0. The molecule has 2 rings (SSSR count). The Morgan fingerprint density at radius 1 is 1.50 bits per heavy atom. The van der Waals surface area contributed by atoms with Gasteiger partial charge in [0.05, 0.1) is 0 Å². The van der Waals surface area contributed by atoms with Gasteiger partial charge in [0.1, 0.15) is 0 Å². The van der Waals surface area contributed by atoms with Crippen LogP contribution in [0, 0.1) is 0 Å². The fourth-order valence-electron chi connectivity index (χ4n) is 3.05. The Labute approximate surface area is 110 Å². The van der Waals surface area contributed by atoms with E-state index in [1.165, 1.54) is 49.8 Å². The number of nitrogens with one attached hydrogen (secondary N) is 1. The number of hydrogen-bond acceptors (Lipinski definition) is 3.